The van der Waals surface area contributed by atoms with E-state index >= 15 is 0 Å². The summed E-state index contributed by atoms with van der Waals surface area (Å²) in [5.41, 5.74) is 2.19. The molecule has 0 aliphatic carbocycles. The number of fused-ring (bicyclic) bond motifs is 1. The summed E-state index contributed by atoms with van der Waals surface area (Å²) in [5, 5.41) is 5.52. The highest BCUT2D eigenvalue weighted by atomic mass is 35.5. The summed E-state index contributed by atoms with van der Waals surface area (Å²) < 4.78 is 7.21. The lowest BCUT2D eigenvalue weighted by atomic mass is 10.2. The molecule has 0 aliphatic rings. The van der Waals surface area contributed by atoms with Crippen LogP contribution in [-0.4, -0.2) is 15.9 Å². The number of aryl methyl sites for hydroxylation is 1. The Morgan fingerprint density at radius 2 is 1.76 bits per heavy atom. The zero-order valence-electron chi connectivity index (χ0n) is 15.7. The molecule has 0 amide bonds. The molecule has 0 saturated heterocycles. The van der Waals surface area contributed by atoms with Gasteiger partial charge in [0.15, 0.2) is 5.82 Å². The van der Waals surface area contributed by atoms with Gasteiger partial charge < -0.3 is 4.74 Å². The third-order valence-corrected chi connectivity index (χ3v) is 4.72. The van der Waals surface area contributed by atoms with Gasteiger partial charge in [-0.05, 0) is 48.4 Å². The Balaban J connectivity index is 1.75. The highest BCUT2D eigenvalue weighted by Crippen LogP contribution is 2.18. The van der Waals surface area contributed by atoms with Gasteiger partial charge in [0, 0.05) is 5.02 Å². The second-order valence-corrected chi connectivity index (χ2v) is 6.95. The fraction of sp³-hybridized carbons (Fsp3) is 0.0870. The molecule has 5 nitrogen and oxygen atoms in total. The number of benzene rings is 3. The van der Waals surface area contributed by atoms with E-state index in [1.807, 2.05) is 55.5 Å². The molecule has 1 heterocycles. The van der Waals surface area contributed by atoms with Crippen LogP contribution in [-0.2, 0) is 6.61 Å². The van der Waals surface area contributed by atoms with Crippen LogP contribution >= 0.6 is 11.6 Å². The Kier molecular flexibility index (Phi) is 5.40. The molecule has 3 aromatic carbocycles. The Labute approximate surface area is 172 Å². The fourth-order valence-corrected chi connectivity index (χ4v) is 3.04. The van der Waals surface area contributed by atoms with Crippen molar-refractivity contribution in [3.8, 4) is 5.75 Å². The molecule has 0 bridgehead atoms. The first-order valence-electron chi connectivity index (χ1n) is 9.11. The lowest BCUT2D eigenvalue weighted by Crippen LogP contribution is -2.23. The maximum absolute atomic E-state index is 13.0. The molecule has 1 aromatic heterocycles. The van der Waals surface area contributed by atoms with Crippen molar-refractivity contribution in [2.75, 3.05) is 0 Å². The topological polar surface area (TPSA) is 56.5 Å². The predicted molar refractivity (Wildman–Crippen MR) is 116 cm³/mol. The second-order valence-electron chi connectivity index (χ2n) is 6.51. The molecule has 0 radical (unpaired) electrons. The fourth-order valence-electron chi connectivity index (χ4n) is 2.92. The number of para-hydroxylation sites is 2. The first-order valence-corrected chi connectivity index (χ1v) is 9.48. The maximum atomic E-state index is 13.0. The van der Waals surface area contributed by atoms with Crippen LogP contribution < -0.4 is 10.3 Å². The number of ether oxygens (including phenoxy) is 1. The zero-order valence-corrected chi connectivity index (χ0v) is 16.5. The molecule has 29 heavy (non-hydrogen) atoms. The van der Waals surface area contributed by atoms with Crippen molar-refractivity contribution in [2.24, 2.45) is 5.10 Å². The summed E-state index contributed by atoms with van der Waals surface area (Å²) in [6.07, 6.45) is 1.60. The standard InChI is InChI=1S/C23H18ClN3O2/c1-16-6-2-5-9-21(16)29-15-22-26-20-8-4-3-7-19(20)23(28)27(22)25-14-17-10-12-18(24)13-11-17/h2-14H,15H2,1H3/b25-14+. The molecule has 0 saturated carbocycles. The Morgan fingerprint density at radius 1 is 1.03 bits per heavy atom. The van der Waals surface area contributed by atoms with Crippen molar-refractivity contribution in [3.05, 3.63) is 105 Å². The van der Waals surface area contributed by atoms with Crippen molar-refractivity contribution >= 4 is 28.7 Å². The van der Waals surface area contributed by atoms with Crippen LogP contribution in [0.5, 0.6) is 5.75 Å². The molecule has 6 heteroatoms. The number of halogens is 1. The summed E-state index contributed by atoms with van der Waals surface area (Å²) in [6.45, 7) is 2.08. The summed E-state index contributed by atoms with van der Waals surface area (Å²) in [7, 11) is 0. The number of rotatable bonds is 5. The third-order valence-electron chi connectivity index (χ3n) is 4.46. The molecule has 0 aliphatic heterocycles. The van der Waals surface area contributed by atoms with E-state index in [1.54, 1.807) is 30.5 Å². The Morgan fingerprint density at radius 3 is 2.55 bits per heavy atom. The van der Waals surface area contributed by atoms with Gasteiger partial charge in [0.1, 0.15) is 12.4 Å². The van der Waals surface area contributed by atoms with Gasteiger partial charge >= 0.3 is 0 Å². The molecule has 4 rings (SSSR count). The smallest absolute Gasteiger partial charge is 0.282 e. The van der Waals surface area contributed by atoms with Gasteiger partial charge in [-0.2, -0.15) is 9.78 Å². The second kappa shape index (κ2) is 8.29. The van der Waals surface area contributed by atoms with Crippen LogP contribution in [0.1, 0.15) is 17.0 Å². The van der Waals surface area contributed by atoms with Gasteiger partial charge in [-0.3, -0.25) is 4.79 Å². The number of aromatic nitrogens is 2. The van der Waals surface area contributed by atoms with E-state index in [4.69, 9.17) is 16.3 Å². The van der Waals surface area contributed by atoms with Crippen molar-refractivity contribution < 1.29 is 4.74 Å². The minimum absolute atomic E-state index is 0.114. The maximum Gasteiger partial charge on any atom is 0.282 e. The van der Waals surface area contributed by atoms with Crippen LogP contribution in [0.2, 0.25) is 5.02 Å². The Bertz CT molecular complexity index is 1250. The van der Waals surface area contributed by atoms with Gasteiger partial charge in [0.2, 0.25) is 0 Å². The van der Waals surface area contributed by atoms with E-state index in [0.29, 0.717) is 21.7 Å². The number of nitrogens with zero attached hydrogens (tertiary/aromatic N) is 3. The molecule has 4 aromatic rings. The SMILES string of the molecule is Cc1ccccc1OCc1nc2ccccc2c(=O)n1/N=C/c1ccc(Cl)cc1. The minimum atomic E-state index is -0.246. The minimum Gasteiger partial charge on any atom is -0.485 e. The molecular weight excluding hydrogens is 386 g/mol. The quantitative estimate of drug-likeness (QED) is 0.449. The highest BCUT2D eigenvalue weighted by Gasteiger charge is 2.11. The van der Waals surface area contributed by atoms with Crippen LogP contribution in [0.15, 0.2) is 82.7 Å². The van der Waals surface area contributed by atoms with Gasteiger partial charge in [0.05, 0.1) is 17.1 Å². The van der Waals surface area contributed by atoms with Crippen LogP contribution in [0.4, 0.5) is 0 Å². The molecule has 0 atom stereocenters. The van der Waals surface area contributed by atoms with E-state index in [-0.39, 0.29) is 12.2 Å². The molecule has 0 unspecified atom stereocenters. The van der Waals surface area contributed by atoms with Gasteiger partial charge in [-0.25, -0.2) is 4.98 Å². The molecule has 144 valence electrons. The normalized spacial score (nSPS) is 11.2. The van der Waals surface area contributed by atoms with E-state index < -0.39 is 0 Å². The summed E-state index contributed by atoms with van der Waals surface area (Å²) in [5.74, 6) is 1.16. The Hall–Kier alpha value is -3.44. The molecule has 0 spiro atoms. The van der Waals surface area contributed by atoms with Crippen molar-refractivity contribution in [3.63, 3.8) is 0 Å². The monoisotopic (exact) mass is 403 g/mol. The summed E-state index contributed by atoms with van der Waals surface area (Å²) in [4.78, 5) is 17.6. The van der Waals surface area contributed by atoms with Crippen LogP contribution in [0.3, 0.4) is 0 Å². The van der Waals surface area contributed by atoms with Gasteiger partial charge in [-0.15, -0.1) is 0 Å². The number of hydrogen-bond donors (Lipinski definition) is 0. The van der Waals surface area contributed by atoms with Crippen molar-refractivity contribution in [2.45, 2.75) is 13.5 Å². The summed E-state index contributed by atoms with van der Waals surface area (Å²) >= 11 is 5.93. The average Bonchev–Trinajstić information content (AvgIpc) is 2.74. The average molecular weight is 404 g/mol. The van der Waals surface area contributed by atoms with Crippen molar-refractivity contribution in [1.82, 2.24) is 9.66 Å². The zero-order chi connectivity index (χ0) is 20.2. The predicted octanol–water partition coefficient (Wildman–Crippen LogP) is 4.82. The van der Waals surface area contributed by atoms with Crippen molar-refractivity contribution in [1.29, 1.82) is 0 Å². The highest BCUT2D eigenvalue weighted by molar-refractivity contribution is 6.30. The van der Waals surface area contributed by atoms with E-state index in [2.05, 4.69) is 10.1 Å². The first-order chi connectivity index (χ1) is 14.1. The van der Waals surface area contributed by atoms with Gasteiger partial charge in [-0.1, -0.05) is 54.1 Å². The largest absolute Gasteiger partial charge is 0.485 e. The lowest BCUT2D eigenvalue weighted by molar-refractivity contribution is 0.287. The first kappa shape index (κ1) is 18.9. The third kappa shape index (κ3) is 4.20. The number of hydrogen-bond acceptors (Lipinski definition) is 4. The van der Waals surface area contributed by atoms with Crippen LogP contribution in [0.25, 0.3) is 10.9 Å². The molecule has 0 fully saturated rings. The molecular formula is C23H18ClN3O2. The van der Waals surface area contributed by atoms with Crippen LogP contribution in [0, 0.1) is 6.92 Å². The molecule has 0 N–H and O–H groups in total. The van der Waals surface area contributed by atoms with Gasteiger partial charge in [0.25, 0.3) is 5.56 Å². The van der Waals surface area contributed by atoms with E-state index in [9.17, 15) is 4.79 Å². The van der Waals surface area contributed by atoms with E-state index in [0.717, 1.165) is 16.9 Å². The lowest BCUT2D eigenvalue weighted by Gasteiger charge is -2.12. The van der Waals surface area contributed by atoms with E-state index in [1.165, 1.54) is 4.68 Å². The summed E-state index contributed by atoms with van der Waals surface area (Å²) in [6, 6.07) is 22.1.